The predicted molar refractivity (Wildman–Crippen MR) is 85.3 cm³/mol. The van der Waals surface area contributed by atoms with Gasteiger partial charge in [0.15, 0.2) is 0 Å². The lowest BCUT2D eigenvalue weighted by atomic mass is 10.0. The van der Waals surface area contributed by atoms with Crippen LogP contribution in [-0.2, 0) is 17.8 Å². The first-order chi connectivity index (χ1) is 10.4. The smallest absolute Gasteiger partial charge is 0.0841 e. The van der Waals surface area contributed by atoms with Gasteiger partial charge in [-0.25, -0.2) is 0 Å². The molecule has 2 aromatic rings. The maximum atomic E-state index is 5.46. The molecule has 0 spiro atoms. The molecule has 0 saturated carbocycles. The Morgan fingerprint density at radius 3 is 2.90 bits per heavy atom. The van der Waals surface area contributed by atoms with Crippen LogP contribution in [0.25, 0.3) is 10.9 Å². The third-order valence-electron chi connectivity index (χ3n) is 4.23. The van der Waals surface area contributed by atoms with E-state index in [0.717, 1.165) is 52.1 Å². The Morgan fingerprint density at radius 1 is 1.29 bits per heavy atom. The van der Waals surface area contributed by atoms with Crippen molar-refractivity contribution in [2.45, 2.75) is 39.3 Å². The summed E-state index contributed by atoms with van der Waals surface area (Å²) in [5, 5.41) is 9.62. The highest BCUT2D eigenvalue weighted by Gasteiger charge is 2.17. The van der Waals surface area contributed by atoms with E-state index in [4.69, 9.17) is 9.84 Å². The fourth-order valence-electron chi connectivity index (χ4n) is 3.02. The fourth-order valence-corrected chi connectivity index (χ4v) is 3.02. The molecule has 0 atom stereocenters. The van der Waals surface area contributed by atoms with Gasteiger partial charge in [-0.15, -0.1) is 0 Å². The number of fused-ring (bicyclic) bond motifs is 1. The number of aromatic nitrogens is 2. The van der Waals surface area contributed by atoms with Crippen molar-refractivity contribution >= 4 is 10.9 Å². The molecule has 0 amide bonds. The van der Waals surface area contributed by atoms with E-state index in [-0.39, 0.29) is 0 Å². The van der Waals surface area contributed by atoms with Crippen LogP contribution in [0.5, 0.6) is 0 Å². The molecule has 114 valence electrons. The van der Waals surface area contributed by atoms with Crippen molar-refractivity contribution < 1.29 is 4.74 Å². The van der Waals surface area contributed by atoms with Gasteiger partial charge >= 0.3 is 0 Å². The van der Waals surface area contributed by atoms with E-state index >= 15 is 0 Å². The molecule has 1 saturated heterocycles. The summed E-state index contributed by atoms with van der Waals surface area (Å²) in [6.45, 7) is 6.90. The molecule has 1 aromatic heterocycles. The first-order valence-electron chi connectivity index (χ1n) is 8.11. The predicted octanol–water partition coefficient (Wildman–Crippen LogP) is 2.96. The molecule has 21 heavy (non-hydrogen) atoms. The number of hydrogen-bond donors (Lipinski definition) is 1. The second-order valence-electron chi connectivity index (χ2n) is 5.88. The molecule has 4 nitrogen and oxygen atoms in total. The summed E-state index contributed by atoms with van der Waals surface area (Å²) in [5.74, 6) is 0.693. The van der Waals surface area contributed by atoms with E-state index in [1.807, 2.05) is 0 Å². The monoisotopic (exact) mass is 287 g/mol. The van der Waals surface area contributed by atoms with Gasteiger partial charge in [0.1, 0.15) is 0 Å². The third kappa shape index (κ3) is 3.44. The van der Waals surface area contributed by atoms with Crippen molar-refractivity contribution in [2.75, 3.05) is 19.8 Å². The first-order valence-corrected chi connectivity index (χ1v) is 8.11. The quantitative estimate of drug-likeness (QED) is 0.830. The maximum absolute atomic E-state index is 5.46. The van der Waals surface area contributed by atoms with Gasteiger partial charge < -0.3 is 10.1 Å². The number of rotatable bonds is 6. The zero-order chi connectivity index (χ0) is 14.5. The second kappa shape index (κ2) is 7.05. The summed E-state index contributed by atoms with van der Waals surface area (Å²) in [6.07, 6.45) is 3.45. The summed E-state index contributed by atoms with van der Waals surface area (Å²) in [6, 6.07) is 8.58. The van der Waals surface area contributed by atoms with Crippen molar-refractivity contribution in [2.24, 2.45) is 5.92 Å². The van der Waals surface area contributed by atoms with Gasteiger partial charge in [-0.05, 0) is 37.8 Å². The Labute approximate surface area is 126 Å². The van der Waals surface area contributed by atoms with Gasteiger partial charge in [-0.3, -0.25) is 4.68 Å². The summed E-state index contributed by atoms with van der Waals surface area (Å²) in [4.78, 5) is 0. The Kier molecular flexibility index (Phi) is 4.88. The molecule has 0 unspecified atom stereocenters. The van der Waals surface area contributed by atoms with Gasteiger partial charge in [0, 0.05) is 31.7 Å². The second-order valence-corrected chi connectivity index (χ2v) is 5.88. The highest BCUT2D eigenvalue weighted by atomic mass is 16.5. The van der Waals surface area contributed by atoms with E-state index in [1.165, 1.54) is 16.6 Å². The molecule has 0 aliphatic carbocycles. The molecule has 4 heteroatoms. The van der Waals surface area contributed by atoms with Crippen LogP contribution >= 0.6 is 0 Å². The van der Waals surface area contributed by atoms with Crippen LogP contribution in [0.15, 0.2) is 24.3 Å². The molecular formula is C17H25N3O. The van der Waals surface area contributed by atoms with Crippen molar-refractivity contribution in [1.29, 1.82) is 0 Å². The zero-order valence-corrected chi connectivity index (χ0v) is 12.8. The van der Waals surface area contributed by atoms with Crippen molar-refractivity contribution in [3.05, 3.63) is 30.0 Å². The van der Waals surface area contributed by atoms with Crippen molar-refractivity contribution in [1.82, 2.24) is 15.1 Å². The van der Waals surface area contributed by atoms with E-state index in [1.54, 1.807) is 0 Å². The highest BCUT2D eigenvalue weighted by molar-refractivity contribution is 5.81. The topological polar surface area (TPSA) is 39.1 Å². The molecule has 1 aliphatic heterocycles. The Morgan fingerprint density at radius 2 is 2.10 bits per heavy atom. The summed E-state index contributed by atoms with van der Waals surface area (Å²) < 4.78 is 7.66. The van der Waals surface area contributed by atoms with Crippen LogP contribution < -0.4 is 5.32 Å². The van der Waals surface area contributed by atoms with E-state index in [9.17, 15) is 0 Å². The average Bonchev–Trinajstić information content (AvgIpc) is 2.87. The summed E-state index contributed by atoms with van der Waals surface area (Å²) >= 11 is 0. The normalized spacial score (nSPS) is 16.6. The van der Waals surface area contributed by atoms with Crippen LogP contribution in [0.4, 0.5) is 0 Å². The average molecular weight is 287 g/mol. The first kappa shape index (κ1) is 14.5. The Bertz CT molecular complexity index is 572. The molecule has 3 rings (SSSR count). The lowest BCUT2D eigenvalue weighted by molar-refractivity contribution is 0.0605. The van der Waals surface area contributed by atoms with Crippen LogP contribution in [0.1, 0.15) is 31.9 Å². The van der Waals surface area contributed by atoms with Crippen LogP contribution in [-0.4, -0.2) is 29.5 Å². The molecule has 2 heterocycles. The SMILES string of the molecule is CCCNCc1nn(CC2CCOCC2)c2ccccc12. The zero-order valence-electron chi connectivity index (χ0n) is 12.8. The largest absolute Gasteiger partial charge is 0.381 e. The van der Waals surface area contributed by atoms with Gasteiger partial charge in [-0.2, -0.15) is 5.10 Å². The molecule has 1 aliphatic rings. The van der Waals surface area contributed by atoms with Crippen molar-refractivity contribution in [3.8, 4) is 0 Å². The Balaban J connectivity index is 1.80. The minimum atomic E-state index is 0.693. The Hall–Kier alpha value is -1.39. The van der Waals surface area contributed by atoms with Gasteiger partial charge in [-0.1, -0.05) is 25.1 Å². The summed E-state index contributed by atoms with van der Waals surface area (Å²) in [5.41, 5.74) is 2.43. The number of nitrogens with zero attached hydrogens (tertiary/aromatic N) is 2. The summed E-state index contributed by atoms with van der Waals surface area (Å²) in [7, 11) is 0. The molecular weight excluding hydrogens is 262 g/mol. The van der Waals surface area contributed by atoms with Gasteiger partial charge in [0.2, 0.25) is 0 Å². The highest BCUT2D eigenvalue weighted by Crippen LogP contribution is 2.22. The molecule has 0 radical (unpaired) electrons. The molecule has 1 aromatic carbocycles. The van der Waals surface area contributed by atoms with Crippen LogP contribution in [0, 0.1) is 5.92 Å². The fraction of sp³-hybridized carbons (Fsp3) is 0.588. The van der Waals surface area contributed by atoms with Gasteiger partial charge in [0.05, 0.1) is 11.2 Å². The van der Waals surface area contributed by atoms with Crippen molar-refractivity contribution in [3.63, 3.8) is 0 Å². The number of benzene rings is 1. The lowest BCUT2D eigenvalue weighted by Crippen LogP contribution is -2.21. The third-order valence-corrected chi connectivity index (χ3v) is 4.23. The molecule has 0 bridgehead atoms. The van der Waals surface area contributed by atoms with E-state index < -0.39 is 0 Å². The molecule has 1 N–H and O–H groups in total. The molecule has 1 fully saturated rings. The van der Waals surface area contributed by atoms with E-state index in [2.05, 4.69) is 41.2 Å². The van der Waals surface area contributed by atoms with Crippen LogP contribution in [0.3, 0.4) is 0 Å². The number of nitrogens with one attached hydrogen (secondary N) is 1. The maximum Gasteiger partial charge on any atom is 0.0841 e. The lowest BCUT2D eigenvalue weighted by Gasteiger charge is -2.22. The van der Waals surface area contributed by atoms with Gasteiger partial charge in [0.25, 0.3) is 0 Å². The number of ether oxygens (including phenoxy) is 1. The minimum absolute atomic E-state index is 0.693. The number of hydrogen-bond acceptors (Lipinski definition) is 3. The van der Waals surface area contributed by atoms with Crippen LogP contribution in [0.2, 0.25) is 0 Å². The van der Waals surface area contributed by atoms with E-state index in [0.29, 0.717) is 5.92 Å². The number of para-hydroxylation sites is 1. The standard InChI is InChI=1S/C17H25N3O/c1-2-9-18-12-16-15-5-3-4-6-17(15)20(19-16)13-14-7-10-21-11-8-14/h3-6,14,18H,2,7-13H2,1H3. The minimum Gasteiger partial charge on any atom is -0.381 e.